The fourth-order valence-electron chi connectivity index (χ4n) is 1.48. The van der Waals surface area contributed by atoms with Crippen LogP contribution in [-0.4, -0.2) is 31.1 Å². The highest BCUT2D eigenvalue weighted by Gasteiger charge is 2.23. The van der Waals surface area contributed by atoms with Gasteiger partial charge in [0, 0.05) is 22.9 Å². The lowest BCUT2D eigenvalue weighted by Gasteiger charge is -2.20. The summed E-state index contributed by atoms with van der Waals surface area (Å²) in [6.45, 7) is 2.92. The van der Waals surface area contributed by atoms with Gasteiger partial charge in [-0.15, -0.1) is 0 Å². The molecule has 0 saturated heterocycles. The normalized spacial score (nSPS) is 12.1. The molecule has 0 aliphatic carbocycles. The van der Waals surface area contributed by atoms with Crippen molar-refractivity contribution < 1.29 is 8.42 Å². The molecular formula is C11H14Br2ClNO2S. The summed E-state index contributed by atoms with van der Waals surface area (Å²) in [5, 5.41) is 1.11. The van der Waals surface area contributed by atoms with E-state index >= 15 is 0 Å². The Labute approximate surface area is 130 Å². The predicted molar refractivity (Wildman–Crippen MR) is 82.0 cm³/mol. The van der Waals surface area contributed by atoms with Gasteiger partial charge < -0.3 is 0 Å². The van der Waals surface area contributed by atoms with E-state index in [-0.39, 0.29) is 4.90 Å². The van der Waals surface area contributed by atoms with Crippen LogP contribution in [0.4, 0.5) is 0 Å². The number of alkyl halides is 1. The molecular weight excluding hydrogens is 405 g/mol. The summed E-state index contributed by atoms with van der Waals surface area (Å²) in [7, 11) is -3.45. The van der Waals surface area contributed by atoms with Crippen LogP contribution in [0, 0.1) is 0 Å². The van der Waals surface area contributed by atoms with Gasteiger partial charge in [-0.3, -0.25) is 0 Å². The van der Waals surface area contributed by atoms with Crippen molar-refractivity contribution in [1.29, 1.82) is 0 Å². The summed E-state index contributed by atoms with van der Waals surface area (Å²) in [4.78, 5) is 0.258. The molecule has 0 spiro atoms. The number of sulfonamides is 1. The molecule has 1 rings (SSSR count). The van der Waals surface area contributed by atoms with Gasteiger partial charge >= 0.3 is 0 Å². The molecule has 0 heterocycles. The Morgan fingerprint density at radius 1 is 1.33 bits per heavy atom. The SMILES string of the molecule is CCCN(CCBr)S(=O)(=O)c1ccc(Cl)c(Br)c1. The van der Waals surface area contributed by atoms with Crippen molar-refractivity contribution in [3.8, 4) is 0 Å². The zero-order valence-electron chi connectivity index (χ0n) is 9.87. The van der Waals surface area contributed by atoms with Crippen molar-refractivity contribution in [3.63, 3.8) is 0 Å². The molecule has 102 valence electrons. The van der Waals surface area contributed by atoms with Gasteiger partial charge in [-0.2, -0.15) is 4.31 Å². The quantitative estimate of drug-likeness (QED) is 0.656. The zero-order chi connectivity index (χ0) is 13.8. The molecule has 0 amide bonds. The minimum absolute atomic E-state index is 0.258. The molecule has 1 aromatic rings. The maximum atomic E-state index is 12.4. The molecule has 0 aliphatic heterocycles. The summed E-state index contributed by atoms with van der Waals surface area (Å²) in [5.41, 5.74) is 0. The first-order valence-corrected chi connectivity index (χ1v) is 9.18. The van der Waals surface area contributed by atoms with E-state index in [0.29, 0.717) is 27.9 Å². The van der Waals surface area contributed by atoms with Gasteiger partial charge in [0.1, 0.15) is 0 Å². The summed E-state index contributed by atoms with van der Waals surface area (Å²) in [6.07, 6.45) is 0.779. The lowest BCUT2D eigenvalue weighted by atomic mass is 10.4. The summed E-state index contributed by atoms with van der Waals surface area (Å²) >= 11 is 12.4. The van der Waals surface area contributed by atoms with Crippen LogP contribution >= 0.6 is 43.5 Å². The van der Waals surface area contributed by atoms with Gasteiger partial charge in [0.15, 0.2) is 0 Å². The highest BCUT2D eigenvalue weighted by molar-refractivity contribution is 9.10. The van der Waals surface area contributed by atoms with E-state index in [1.165, 1.54) is 16.4 Å². The maximum Gasteiger partial charge on any atom is 0.243 e. The second-order valence-corrected chi connectivity index (χ2v) is 7.66. The van der Waals surface area contributed by atoms with E-state index in [1.54, 1.807) is 6.07 Å². The standard InChI is InChI=1S/C11H14Br2ClNO2S/c1-2-6-15(7-5-12)18(16,17)9-3-4-11(14)10(13)8-9/h3-4,8H,2,5-7H2,1H3. The van der Waals surface area contributed by atoms with Gasteiger partial charge in [-0.25, -0.2) is 8.42 Å². The topological polar surface area (TPSA) is 37.4 Å². The molecule has 7 heteroatoms. The largest absolute Gasteiger partial charge is 0.243 e. The Kier molecular flexibility index (Phi) is 6.61. The first kappa shape index (κ1) is 16.4. The fourth-order valence-corrected chi connectivity index (χ4v) is 4.35. The van der Waals surface area contributed by atoms with E-state index in [9.17, 15) is 8.42 Å². The second kappa shape index (κ2) is 7.24. The number of hydrogen-bond acceptors (Lipinski definition) is 2. The number of rotatable bonds is 6. The summed E-state index contributed by atoms with van der Waals surface area (Å²) < 4.78 is 26.9. The van der Waals surface area contributed by atoms with Crippen LogP contribution in [0.5, 0.6) is 0 Å². The summed E-state index contributed by atoms with van der Waals surface area (Å²) in [5.74, 6) is 0. The van der Waals surface area contributed by atoms with Gasteiger partial charge in [0.25, 0.3) is 0 Å². The van der Waals surface area contributed by atoms with Gasteiger partial charge in [-0.1, -0.05) is 34.5 Å². The van der Waals surface area contributed by atoms with Crippen LogP contribution in [0.15, 0.2) is 27.6 Å². The molecule has 0 aliphatic rings. The van der Waals surface area contributed by atoms with Crippen molar-refractivity contribution in [1.82, 2.24) is 4.31 Å². The molecule has 0 saturated carbocycles. The summed E-state index contributed by atoms with van der Waals surface area (Å²) in [6, 6.07) is 4.64. The van der Waals surface area contributed by atoms with Crippen molar-refractivity contribution in [2.45, 2.75) is 18.2 Å². The average molecular weight is 420 g/mol. The van der Waals surface area contributed by atoms with E-state index in [1.807, 2.05) is 6.92 Å². The number of halogens is 3. The first-order chi connectivity index (χ1) is 8.43. The molecule has 0 atom stereocenters. The van der Waals surface area contributed by atoms with Crippen LogP contribution in [0.3, 0.4) is 0 Å². The second-order valence-electron chi connectivity index (χ2n) is 3.67. The Morgan fingerprint density at radius 3 is 2.50 bits per heavy atom. The van der Waals surface area contributed by atoms with Crippen LogP contribution in [0.25, 0.3) is 0 Å². The minimum Gasteiger partial charge on any atom is -0.207 e. The first-order valence-electron chi connectivity index (χ1n) is 5.44. The van der Waals surface area contributed by atoms with E-state index < -0.39 is 10.0 Å². The highest BCUT2D eigenvalue weighted by atomic mass is 79.9. The van der Waals surface area contributed by atoms with Gasteiger partial charge in [-0.05, 0) is 40.5 Å². The average Bonchev–Trinajstić information content (AvgIpc) is 2.32. The van der Waals surface area contributed by atoms with Gasteiger partial charge in [0.05, 0.1) is 9.92 Å². The molecule has 0 unspecified atom stereocenters. The van der Waals surface area contributed by atoms with Crippen molar-refractivity contribution in [2.24, 2.45) is 0 Å². The maximum absolute atomic E-state index is 12.4. The Balaban J connectivity index is 3.13. The highest BCUT2D eigenvalue weighted by Crippen LogP contribution is 2.27. The van der Waals surface area contributed by atoms with Crippen molar-refractivity contribution in [2.75, 3.05) is 18.4 Å². The third-order valence-corrected chi connectivity index (χ3v) is 5.80. The lowest BCUT2D eigenvalue weighted by Crippen LogP contribution is -2.33. The van der Waals surface area contributed by atoms with Crippen molar-refractivity contribution >= 4 is 53.5 Å². The lowest BCUT2D eigenvalue weighted by molar-refractivity contribution is 0.430. The smallest absolute Gasteiger partial charge is 0.207 e. The number of benzene rings is 1. The van der Waals surface area contributed by atoms with E-state index in [2.05, 4.69) is 31.9 Å². The zero-order valence-corrected chi connectivity index (χ0v) is 14.6. The molecule has 0 N–H and O–H groups in total. The van der Waals surface area contributed by atoms with E-state index in [0.717, 1.165) is 6.42 Å². The minimum atomic E-state index is -3.45. The predicted octanol–water partition coefficient (Wildman–Crippen LogP) is 3.90. The molecule has 0 bridgehead atoms. The molecule has 0 radical (unpaired) electrons. The van der Waals surface area contributed by atoms with Crippen molar-refractivity contribution in [3.05, 3.63) is 27.7 Å². The number of hydrogen-bond donors (Lipinski definition) is 0. The Bertz CT molecular complexity index is 502. The molecule has 18 heavy (non-hydrogen) atoms. The monoisotopic (exact) mass is 417 g/mol. The molecule has 0 aromatic heterocycles. The fraction of sp³-hybridized carbons (Fsp3) is 0.455. The third kappa shape index (κ3) is 3.93. The Morgan fingerprint density at radius 2 is 2.00 bits per heavy atom. The Hall–Kier alpha value is 0.380. The van der Waals surface area contributed by atoms with Crippen LogP contribution in [-0.2, 0) is 10.0 Å². The van der Waals surface area contributed by atoms with E-state index in [4.69, 9.17) is 11.6 Å². The van der Waals surface area contributed by atoms with Crippen LogP contribution in [0.1, 0.15) is 13.3 Å². The molecule has 0 fully saturated rings. The van der Waals surface area contributed by atoms with Crippen LogP contribution in [0.2, 0.25) is 5.02 Å². The third-order valence-electron chi connectivity index (χ3n) is 2.34. The number of nitrogens with zero attached hydrogens (tertiary/aromatic N) is 1. The van der Waals surface area contributed by atoms with Crippen LogP contribution < -0.4 is 0 Å². The van der Waals surface area contributed by atoms with Gasteiger partial charge in [0.2, 0.25) is 10.0 Å². The molecule has 1 aromatic carbocycles. The molecule has 3 nitrogen and oxygen atoms in total.